The minimum Gasteiger partial charge on any atom is -0.504 e. The highest BCUT2D eigenvalue weighted by molar-refractivity contribution is 7.54. The lowest BCUT2D eigenvalue weighted by atomic mass is 9.80. The lowest BCUT2D eigenvalue weighted by Crippen LogP contribution is -2.34. The molecule has 1 aromatic carbocycles. The van der Waals surface area contributed by atoms with E-state index in [-0.39, 0.29) is 16.6 Å². The number of aromatic hydroxyl groups is 1. The molecule has 0 aliphatic carbocycles. The molecule has 0 radical (unpaired) electrons. The number of nitrogens with zero attached hydrogens (tertiary/aromatic N) is 2. The zero-order valence-electron chi connectivity index (χ0n) is 19.6. The van der Waals surface area contributed by atoms with Gasteiger partial charge >= 0.3 is 7.67 Å². The Morgan fingerprint density at radius 1 is 0.857 bits per heavy atom. The largest absolute Gasteiger partial charge is 0.504 e. The van der Waals surface area contributed by atoms with Gasteiger partial charge in [0.25, 0.3) is 0 Å². The fourth-order valence-electron chi connectivity index (χ4n) is 3.27. The standard InChI is InChI=1S/C22H41N2O3P/c1-11-23(12-2)28(26,24(13-3)14-4)27-19-16-17(21(5,6)7)15-18(20(19)25)22(8,9)10/h15-16,25H,11-14H2,1-10H3. The SMILES string of the molecule is CCN(CC)P(=O)(Oc1cc(C(C)(C)C)cc(C(C)(C)C)c1O)N(CC)CC. The van der Waals surface area contributed by atoms with E-state index < -0.39 is 7.67 Å². The molecular formula is C22H41N2O3P. The molecule has 0 bridgehead atoms. The summed E-state index contributed by atoms with van der Waals surface area (Å²) < 4.78 is 24.1. The van der Waals surface area contributed by atoms with Gasteiger partial charge in [0, 0.05) is 31.7 Å². The van der Waals surface area contributed by atoms with Crippen molar-refractivity contribution < 1.29 is 14.2 Å². The van der Waals surface area contributed by atoms with Crippen molar-refractivity contribution in [2.24, 2.45) is 0 Å². The second-order valence-electron chi connectivity index (χ2n) is 9.23. The molecule has 28 heavy (non-hydrogen) atoms. The summed E-state index contributed by atoms with van der Waals surface area (Å²) in [5.74, 6) is 0.388. The maximum absolute atomic E-state index is 14.1. The predicted molar refractivity (Wildman–Crippen MR) is 120 cm³/mol. The number of phenolic OH excluding ortho intramolecular Hbond substituents is 1. The lowest BCUT2D eigenvalue weighted by molar-refractivity contribution is 0.286. The van der Waals surface area contributed by atoms with E-state index in [1.807, 2.05) is 49.2 Å². The molecule has 0 aliphatic heterocycles. The van der Waals surface area contributed by atoms with Gasteiger partial charge in [0.1, 0.15) is 0 Å². The van der Waals surface area contributed by atoms with Crippen LogP contribution in [-0.4, -0.2) is 40.6 Å². The normalized spacial score (nSPS) is 13.4. The minimum atomic E-state index is -3.33. The predicted octanol–water partition coefficient (Wildman–Crippen LogP) is 6.16. The lowest BCUT2D eigenvalue weighted by Gasteiger charge is -2.37. The Morgan fingerprint density at radius 2 is 1.29 bits per heavy atom. The van der Waals surface area contributed by atoms with Crippen molar-refractivity contribution in [3.8, 4) is 11.5 Å². The van der Waals surface area contributed by atoms with Gasteiger partial charge in [0.05, 0.1) is 0 Å². The topological polar surface area (TPSA) is 53.0 Å². The maximum Gasteiger partial charge on any atom is 0.395 e. The zero-order valence-corrected chi connectivity index (χ0v) is 20.5. The van der Waals surface area contributed by atoms with Crippen LogP contribution in [0.25, 0.3) is 0 Å². The van der Waals surface area contributed by atoms with Crippen molar-refractivity contribution in [2.45, 2.75) is 80.1 Å². The molecule has 1 N–H and O–H groups in total. The van der Waals surface area contributed by atoms with Crippen LogP contribution in [0.15, 0.2) is 12.1 Å². The molecule has 0 heterocycles. The molecule has 1 aromatic rings. The number of phenols is 1. The van der Waals surface area contributed by atoms with Crippen LogP contribution in [-0.2, 0) is 15.4 Å². The van der Waals surface area contributed by atoms with Crippen LogP contribution in [0.2, 0.25) is 0 Å². The molecule has 0 saturated carbocycles. The van der Waals surface area contributed by atoms with E-state index in [0.29, 0.717) is 31.9 Å². The van der Waals surface area contributed by atoms with Gasteiger partial charge in [0.15, 0.2) is 11.5 Å². The number of benzene rings is 1. The van der Waals surface area contributed by atoms with Gasteiger partial charge in [-0.2, -0.15) is 0 Å². The molecule has 0 fully saturated rings. The molecule has 0 aliphatic rings. The Hall–Kier alpha value is -1.03. The molecule has 0 aromatic heterocycles. The highest BCUT2D eigenvalue weighted by Gasteiger charge is 2.39. The summed E-state index contributed by atoms with van der Waals surface area (Å²) in [6.45, 7) is 22.9. The van der Waals surface area contributed by atoms with Gasteiger partial charge in [-0.3, -0.25) is 0 Å². The van der Waals surface area contributed by atoms with Crippen LogP contribution < -0.4 is 4.52 Å². The van der Waals surface area contributed by atoms with Gasteiger partial charge in [0.2, 0.25) is 0 Å². The second kappa shape index (κ2) is 9.19. The van der Waals surface area contributed by atoms with Crippen LogP contribution in [0.3, 0.4) is 0 Å². The first-order chi connectivity index (χ1) is 12.8. The van der Waals surface area contributed by atoms with Crippen molar-refractivity contribution >= 4 is 7.67 Å². The van der Waals surface area contributed by atoms with E-state index in [9.17, 15) is 9.67 Å². The van der Waals surface area contributed by atoms with Crippen molar-refractivity contribution in [1.29, 1.82) is 0 Å². The molecule has 0 unspecified atom stereocenters. The van der Waals surface area contributed by atoms with Crippen molar-refractivity contribution in [1.82, 2.24) is 9.34 Å². The Morgan fingerprint density at radius 3 is 1.61 bits per heavy atom. The molecule has 1 rings (SSSR count). The van der Waals surface area contributed by atoms with Crippen molar-refractivity contribution in [3.63, 3.8) is 0 Å². The summed E-state index contributed by atoms with van der Waals surface area (Å²) in [7, 11) is -3.33. The number of hydrogen-bond donors (Lipinski definition) is 1. The molecule has 0 amide bonds. The van der Waals surface area contributed by atoms with Crippen molar-refractivity contribution in [3.05, 3.63) is 23.3 Å². The third kappa shape index (κ3) is 5.31. The zero-order chi connectivity index (χ0) is 21.9. The average molecular weight is 413 g/mol. The Bertz CT molecular complexity index is 681. The van der Waals surface area contributed by atoms with Gasteiger partial charge in [-0.15, -0.1) is 0 Å². The minimum absolute atomic E-state index is 0.0834. The molecule has 0 spiro atoms. The van der Waals surface area contributed by atoms with Crippen LogP contribution in [0, 0.1) is 0 Å². The highest BCUT2D eigenvalue weighted by Crippen LogP contribution is 2.56. The first-order valence-corrected chi connectivity index (χ1v) is 12.0. The van der Waals surface area contributed by atoms with Crippen LogP contribution in [0.4, 0.5) is 0 Å². The fourth-order valence-corrected chi connectivity index (χ4v) is 5.68. The van der Waals surface area contributed by atoms with Crippen molar-refractivity contribution in [2.75, 3.05) is 26.2 Å². The summed E-state index contributed by atoms with van der Waals surface area (Å²) >= 11 is 0. The molecule has 5 nitrogen and oxygen atoms in total. The Labute approximate surface area is 172 Å². The maximum atomic E-state index is 14.1. The van der Waals surface area contributed by atoms with E-state index in [0.717, 1.165) is 11.1 Å². The quantitative estimate of drug-likeness (QED) is 0.518. The average Bonchev–Trinajstić information content (AvgIpc) is 2.56. The van der Waals surface area contributed by atoms with E-state index in [2.05, 4.69) is 41.5 Å². The number of hydrogen-bond acceptors (Lipinski definition) is 3. The van der Waals surface area contributed by atoms with E-state index in [1.165, 1.54) is 0 Å². The first kappa shape index (κ1) is 25.0. The first-order valence-electron chi connectivity index (χ1n) is 10.4. The molecule has 6 heteroatoms. The van der Waals surface area contributed by atoms with E-state index >= 15 is 0 Å². The molecule has 0 atom stereocenters. The number of rotatable bonds is 8. The van der Waals surface area contributed by atoms with Crippen LogP contribution in [0.5, 0.6) is 11.5 Å². The third-order valence-corrected chi connectivity index (χ3v) is 8.14. The molecule has 0 saturated heterocycles. The van der Waals surface area contributed by atoms with E-state index in [1.54, 1.807) is 0 Å². The smallest absolute Gasteiger partial charge is 0.395 e. The Balaban J connectivity index is 3.69. The molecule has 162 valence electrons. The summed E-state index contributed by atoms with van der Waals surface area (Å²) in [6.07, 6.45) is 0. The summed E-state index contributed by atoms with van der Waals surface area (Å²) in [6, 6.07) is 3.90. The van der Waals surface area contributed by atoms with E-state index in [4.69, 9.17) is 4.52 Å². The molecular weight excluding hydrogens is 371 g/mol. The van der Waals surface area contributed by atoms with Gasteiger partial charge in [-0.25, -0.2) is 13.9 Å². The fraction of sp³-hybridized carbons (Fsp3) is 0.727. The van der Waals surface area contributed by atoms with Gasteiger partial charge < -0.3 is 9.63 Å². The second-order valence-corrected chi connectivity index (χ2v) is 11.5. The van der Waals surface area contributed by atoms with Crippen LogP contribution in [0.1, 0.15) is 80.4 Å². The highest BCUT2D eigenvalue weighted by atomic mass is 31.2. The Kier molecular flexibility index (Phi) is 8.21. The summed E-state index contributed by atoms with van der Waals surface area (Å²) in [4.78, 5) is 0. The summed E-state index contributed by atoms with van der Waals surface area (Å²) in [5, 5.41) is 11.0. The third-order valence-electron chi connectivity index (χ3n) is 5.14. The van der Waals surface area contributed by atoms with Crippen LogP contribution >= 0.6 is 7.67 Å². The van der Waals surface area contributed by atoms with Gasteiger partial charge in [-0.1, -0.05) is 75.3 Å². The summed E-state index contributed by atoms with van der Waals surface area (Å²) in [5.41, 5.74) is 1.47. The van der Waals surface area contributed by atoms with Gasteiger partial charge in [-0.05, 0) is 22.5 Å². The monoisotopic (exact) mass is 412 g/mol.